The van der Waals surface area contributed by atoms with Crippen molar-refractivity contribution in [2.75, 3.05) is 0 Å². The highest BCUT2D eigenvalue weighted by molar-refractivity contribution is 9.09. The quantitative estimate of drug-likeness (QED) is 0.739. The Morgan fingerprint density at radius 3 is 2.82 bits per heavy atom. The van der Waals surface area contributed by atoms with Crippen LogP contribution in [0, 0.1) is 6.92 Å². The van der Waals surface area contributed by atoms with Crippen LogP contribution in [-0.2, 0) is 0 Å². The van der Waals surface area contributed by atoms with E-state index >= 15 is 0 Å². The van der Waals surface area contributed by atoms with Crippen LogP contribution >= 0.6 is 38.9 Å². The zero-order chi connectivity index (χ0) is 12.4. The standard InChI is InChI=1S/C12H12BrClN2S/c1-3-9(13)12-16-15-11(17-12)8-5-4-7(2)10(14)6-8/h4-6,9H,3H2,1-2H3. The largest absolute Gasteiger partial charge is 0.147 e. The Morgan fingerprint density at radius 1 is 1.41 bits per heavy atom. The number of aromatic nitrogens is 2. The predicted molar refractivity (Wildman–Crippen MR) is 77.1 cm³/mol. The van der Waals surface area contributed by atoms with Gasteiger partial charge in [-0.25, -0.2) is 0 Å². The Morgan fingerprint density at radius 2 is 2.18 bits per heavy atom. The second-order valence-electron chi connectivity index (χ2n) is 3.79. The van der Waals surface area contributed by atoms with Crippen molar-refractivity contribution in [3.05, 3.63) is 33.8 Å². The van der Waals surface area contributed by atoms with E-state index in [9.17, 15) is 0 Å². The molecule has 1 unspecified atom stereocenters. The number of nitrogens with zero attached hydrogens (tertiary/aromatic N) is 2. The molecular weight excluding hydrogens is 320 g/mol. The van der Waals surface area contributed by atoms with Gasteiger partial charge in [0, 0.05) is 10.6 Å². The van der Waals surface area contributed by atoms with E-state index in [0.717, 1.165) is 32.6 Å². The molecule has 0 aliphatic rings. The van der Waals surface area contributed by atoms with E-state index in [4.69, 9.17) is 11.6 Å². The van der Waals surface area contributed by atoms with Gasteiger partial charge in [-0.3, -0.25) is 0 Å². The Balaban J connectivity index is 2.33. The minimum atomic E-state index is 0.287. The number of benzene rings is 1. The van der Waals surface area contributed by atoms with Crippen molar-refractivity contribution in [2.45, 2.75) is 25.1 Å². The molecule has 0 N–H and O–H groups in total. The summed E-state index contributed by atoms with van der Waals surface area (Å²) >= 11 is 11.3. The lowest BCUT2D eigenvalue weighted by Gasteiger charge is -2.00. The second kappa shape index (κ2) is 5.46. The average molecular weight is 332 g/mol. The molecule has 1 aromatic heterocycles. The van der Waals surface area contributed by atoms with Crippen LogP contribution in [0.1, 0.15) is 28.7 Å². The molecular formula is C12H12BrClN2S. The molecule has 5 heteroatoms. The number of halogens is 2. The van der Waals surface area contributed by atoms with Crippen LogP contribution in [0.2, 0.25) is 5.02 Å². The smallest absolute Gasteiger partial charge is 0.142 e. The van der Waals surface area contributed by atoms with Gasteiger partial charge in [-0.1, -0.05) is 57.9 Å². The molecule has 1 heterocycles. The minimum absolute atomic E-state index is 0.287. The zero-order valence-corrected chi connectivity index (χ0v) is 12.7. The zero-order valence-electron chi connectivity index (χ0n) is 9.58. The molecule has 1 aromatic carbocycles. The summed E-state index contributed by atoms with van der Waals surface area (Å²) < 4.78 is 0. The summed E-state index contributed by atoms with van der Waals surface area (Å²) in [7, 11) is 0. The Hall–Kier alpha value is -0.450. The minimum Gasteiger partial charge on any atom is -0.142 e. The molecule has 0 fully saturated rings. The van der Waals surface area contributed by atoms with Crippen LogP contribution in [0.4, 0.5) is 0 Å². The molecule has 0 radical (unpaired) electrons. The third-order valence-corrected chi connectivity index (χ3v) is 5.36. The van der Waals surface area contributed by atoms with Crippen molar-refractivity contribution in [1.82, 2.24) is 10.2 Å². The fourth-order valence-electron chi connectivity index (χ4n) is 1.38. The summed E-state index contributed by atoms with van der Waals surface area (Å²) in [5, 5.41) is 11.1. The fourth-order valence-corrected chi connectivity index (χ4v) is 2.83. The van der Waals surface area contributed by atoms with E-state index in [0.29, 0.717) is 0 Å². The molecule has 90 valence electrons. The predicted octanol–water partition coefficient (Wildman–Crippen LogP) is 5.01. The summed E-state index contributed by atoms with van der Waals surface area (Å²) in [5.41, 5.74) is 2.10. The van der Waals surface area contributed by atoms with Crippen molar-refractivity contribution >= 4 is 38.9 Å². The first-order chi connectivity index (χ1) is 8.11. The van der Waals surface area contributed by atoms with Gasteiger partial charge in [0.1, 0.15) is 10.0 Å². The summed E-state index contributed by atoms with van der Waals surface area (Å²) in [6.07, 6.45) is 1.00. The lowest BCUT2D eigenvalue weighted by atomic mass is 10.2. The number of hydrogen-bond donors (Lipinski definition) is 0. The third kappa shape index (κ3) is 2.87. The van der Waals surface area contributed by atoms with Gasteiger partial charge < -0.3 is 0 Å². The molecule has 0 spiro atoms. The maximum absolute atomic E-state index is 6.11. The molecule has 0 aliphatic heterocycles. The topological polar surface area (TPSA) is 25.8 Å². The molecule has 2 nitrogen and oxygen atoms in total. The van der Waals surface area contributed by atoms with E-state index in [1.54, 1.807) is 11.3 Å². The van der Waals surface area contributed by atoms with Crippen LogP contribution in [-0.4, -0.2) is 10.2 Å². The number of hydrogen-bond acceptors (Lipinski definition) is 3. The van der Waals surface area contributed by atoms with Gasteiger partial charge in [-0.05, 0) is 25.0 Å². The van der Waals surface area contributed by atoms with E-state index in [1.807, 2.05) is 25.1 Å². The molecule has 0 bridgehead atoms. The van der Waals surface area contributed by atoms with Crippen molar-refractivity contribution in [1.29, 1.82) is 0 Å². The Kier molecular flexibility index (Phi) is 4.17. The summed E-state index contributed by atoms with van der Waals surface area (Å²) in [5.74, 6) is 0. The second-order valence-corrected chi connectivity index (χ2v) is 6.31. The highest BCUT2D eigenvalue weighted by atomic mass is 79.9. The van der Waals surface area contributed by atoms with Crippen LogP contribution in [0.3, 0.4) is 0 Å². The molecule has 0 saturated heterocycles. The van der Waals surface area contributed by atoms with Crippen molar-refractivity contribution in [3.63, 3.8) is 0 Å². The van der Waals surface area contributed by atoms with Gasteiger partial charge in [0.15, 0.2) is 0 Å². The number of alkyl halides is 1. The van der Waals surface area contributed by atoms with Crippen LogP contribution in [0.15, 0.2) is 18.2 Å². The molecule has 2 rings (SSSR count). The highest BCUT2D eigenvalue weighted by Crippen LogP contribution is 2.33. The molecule has 2 aromatic rings. The SMILES string of the molecule is CCC(Br)c1nnc(-c2ccc(C)c(Cl)c2)s1. The summed E-state index contributed by atoms with van der Waals surface area (Å²) in [6, 6.07) is 5.97. The maximum Gasteiger partial charge on any atom is 0.147 e. The third-order valence-electron chi connectivity index (χ3n) is 2.49. The van der Waals surface area contributed by atoms with Gasteiger partial charge in [0.25, 0.3) is 0 Å². The maximum atomic E-state index is 6.11. The Bertz CT molecular complexity index is 527. The molecule has 0 amide bonds. The van der Waals surface area contributed by atoms with Gasteiger partial charge in [0.05, 0.1) is 4.83 Å². The Labute approximate surface area is 118 Å². The highest BCUT2D eigenvalue weighted by Gasteiger charge is 2.13. The lowest BCUT2D eigenvalue weighted by molar-refractivity contribution is 0.870. The summed E-state index contributed by atoms with van der Waals surface area (Å²) in [6.45, 7) is 4.10. The first-order valence-corrected chi connectivity index (χ1v) is 7.46. The van der Waals surface area contributed by atoms with Crippen molar-refractivity contribution in [2.24, 2.45) is 0 Å². The van der Waals surface area contributed by atoms with Gasteiger partial charge in [-0.2, -0.15) is 0 Å². The monoisotopic (exact) mass is 330 g/mol. The number of rotatable bonds is 3. The fraction of sp³-hybridized carbons (Fsp3) is 0.333. The van der Waals surface area contributed by atoms with E-state index < -0.39 is 0 Å². The molecule has 1 atom stereocenters. The van der Waals surface area contributed by atoms with Gasteiger partial charge >= 0.3 is 0 Å². The van der Waals surface area contributed by atoms with E-state index in [-0.39, 0.29) is 4.83 Å². The van der Waals surface area contributed by atoms with E-state index in [1.165, 1.54) is 0 Å². The van der Waals surface area contributed by atoms with Crippen LogP contribution in [0.5, 0.6) is 0 Å². The van der Waals surface area contributed by atoms with E-state index in [2.05, 4.69) is 33.1 Å². The molecule has 17 heavy (non-hydrogen) atoms. The number of aryl methyl sites for hydroxylation is 1. The van der Waals surface area contributed by atoms with Crippen LogP contribution in [0.25, 0.3) is 10.6 Å². The summed E-state index contributed by atoms with van der Waals surface area (Å²) in [4.78, 5) is 0.287. The average Bonchev–Trinajstić information content (AvgIpc) is 2.81. The first kappa shape index (κ1) is 13.0. The molecule has 0 aliphatic carbocycles. The lowest BCUT2D eigenvalue weighted by Crippen LogP contribution is -1.84. The van der Waals surface area contributed by atoms with Crippen molar-refractivity contribution in [3.8, 4) is 10.6 Å². The first-order valence-electron chi connectivity index (χ1n) is 5.35. The van der Waals surface area contributed by atoms with Crippen LogP contribution < -0.4 is 0 Å². The normalized spacial score (nSPS) is 12.7. The molecule has 0 saturated carbocycles. The van der Waals surface area contributed by atoms with Gasteiger partial charge in [0.2, 0.25) is 0 Å². The van der Waals surface area contributed by atoms with Crippen molar-refractivity contribution < 1.29 is 0 Å². The van der Waals surface area contributed by atoms with Gasteiger partial charge in [-0.15, -0.1) is 10.2 Å².